The molecule has 0 aromatic heterocycles. The van der Waals surface area contributed by atoms with E-state index >= 15 is 0 Å². The van der Waals surface area contributed by atoms with Crippen LogP contribution in [-0.2, 0) is 0 Å². The molecule has 20 heavy (non-hydrogen) atoms. The fourth-order valence-corrected chi connectivity index (χ4v) is 1.82. The van der Waals surface area contributed by atoms with Crippen LogP contribution in [0.5, 0.6) is 5.75 Å². The summed E-state index contributed by atoms with van der Waals surface area (Å²) in [6.45, 7) is 6.15. The van der Waals surface area contributed by atoms with E-state index in [9.17, 15) is 4.79 Å². The number of benzene rings is 2. The van der Waals surface area contributed by atoms with Crippen molar-refractivity contribution in [2.24, 2.45) is 0 Å². The van der Waals surface area contributed by atoms with Crippen molar-refractivity contribution < 1.29 is 9.53 Å². The molecule has 3 nitrogen and oxygen atoms in total. The number of hydrogen-bond donors (Lipinski definition) is 1. The molecule has 0 aliphatic carbocycles. The standard InChI is InChI=1S/C17H17NO2/c1-3-13-9-11-14(12-10-13)17(19)18-15-7-5-6-8-16(15)20-4-2/h3,5-12H,1,4H2,2H3,(H,18,19). The molecule has 1 amide bonds. The minimum Gasteiger partial charge on any atom is -0.492 e. The highest BCUT2D eigenvalue weighted by Gasteiger charge is 2.09. The van der Waals surface area contributed by atoms with E-state index in [-0.39, 0.29) is 5.91 Å². The van der Waals surface area contributed by atoms with Crippen molar-refractivity contribution in [2.75, 3.05) is 11.9 Å². The van der Waals surface area contributed by atoms with Crippen LogP contribution in [0.1, 0.15) is 22.8 Å². The largest absolute Gasteiger partial charge is 0.492 e. The Bertz CT molecular complexity index is 603. The zero-order valence-corrected chi connectivity index (χ0v) is 11.4. The van der Waals surface area contributed by atoms with Gasteiger partial charge in [0.15, 0.2) is 0 Å². The van der Waals surface area contributed by atoms with Crippen LogP contribution in [0.4, 0.5) is 5.69 Å². The lowest BCUT2D eigenvalue weighted by molar-refractivity contribution is 0.102. The molecule has 0 saturated carbocycles. The Balaban J connectivity index is 2.16. The second kappa shape index (κ2) is 6.57. The molecule has 0 spiro atoms. The van der Waals surface area contributed by atoms with Crippen molar-refractivity contribution in [1.29, 1.82) is 0 Å². The summed E-state index contributed by atoms with van der Waals surface area (Å²) in [6, 6.07) is 14.7. The topological polar surface area (TPSA) is 38.3 Å². The number of ether oxygens (including phenoxy) is 1. The van der Waals surface area contributed by atoms with Gasteiger partial charge in [-0.25, -0.2) is 0 Å². The van der Waals surface area contributed by atoms with Gasteiger partial charge in [0.2, 0.25) is 0 Å². The summed E-state index contributed by atoms with van der Waals surface area (Å²) in [7, 11) is 0. The first-order valence-corrected chi connectivity index (χ1v) is 6.50. The number of para-hydroxylation sites is 2. The number of rotatable bonds is 5. The molecule has 0 aliphatic rings. The first-order valence-electron chi connectivity index (χ1n) is 6.50. The van der Waals surface area contributed by atoms with Gasteiger partial charge in [-0.3, -0.25) is 4.79 Å². The molecule has 0 fully saturated rings. The van der Waals surface area contributed by atoms with Crippen LogP contribution >= 0.6 is 0 Å². The molecular formula is C17H17NO2. The average Bonchev–Trinajstić information content (AvgIpc) is 2.49. The Morgan fingerprint density at radius 1 is 1.20 bits per heavy atom. The molecular weight excluding hydrogens is 250 g/mol. The number of nitrogens with one attached hydrogen (secondary N) is 1. The zero-order valence-electron chi connectivity index (χ0n) is 11.4. The number of carbonyl (C=O) groups is 1. The highest BCUT2D eigenvalue weighted by molar-refractivity contribution is 6.05. The lowest BCUT2D eigenvalue weighted by Crippen LogP contribution is -2.12. The molecule has 0 aliphatic heterocycles. The first-order chi connectivity index (χ1) is 9.74. The van der Waals surface area contributed by atoms with Crippen LogP contribution in [-0.4, -0.2) is 12.5 Å². The Morgan fingerprint density at radius 2 is 1.90 bits per heavy atom. The fraction of sp³-hybridized carbons (Fsp3) is 0.118. The Hall–Kier alpha value is -2.55. The minimum absolute atomic E-state index is 0.159. The molecule has 0 saturated heterocycles. The number of anilines is 1. The van der Waals surface area contributed by atoms with E-state index in [1.807, 2.05) is 43.3 Å². The van der Waals surface area contributed by atoms with Gasteiger partial charge in [-0.2, -0.15) is 0 Å². The second-order valence-corrected chi connectivity index (χ2v) is 4.21. The average molecular weight is 267 g/mol. The van der Waals surface area contributed by atoms with Crippen LogP contribution < -0.4 is 10.1 Å². The van der Waals surface area contributed by atoms with E-state index in [1.54, 1.807) is 18.2 Å². The number of hydrogen-bond acceptors (Lipinski definition) is 2. The number of carbonyl (C=O) groups excluding carboxylic acids is 1. The van der Waals surface area contributed by atoms with Gasteiger partial charge in [-0.15, -0.1) is 0 Å². The third-order valence-electron chi connectivity index (χ3n) is 2.84. The molecule has 2 aromatic rings. The molecule has 0 unspecified atom stereocenters. The molecule has 0 radical (unpaired) electrons. The lowest BCUT2D eigenvalue weighted by atomic mass is 10.1. The van der Waals surface area contributed by atoms with E-state index in [1.165, 1.54) is 0 Å². The Morgan fingerprint density at radius 3 is 2.55 bits per heavy atom. The highest BCUT2D eigenvalue weighted by Crippen LogP contribution is 2.24. The van der Waals surface area contributed by atoms with Crippen molar-refractivity contribution in [1.82, 2.24) is 0 Å². The predicted molar refractivity (Wildman–Crippen MR) is 82.1 cm³/mol. The summed E-state index contributed by atoms with van der Waals surface area (Å²) in [5, 5.41) is 2.86. The number of amides is 1. The van der Waals surface area contributed by atoms with Crippen molar-refractivity contribution in [3.8, 4) is 5.75 Å². The van der Waals surface area contributed by atoms with Gasteiger partial charge in [0.25, 0.3) is 5.91 Å². The minimum atomic E-state index is -0.159. The van der Waals surface area contributed by atoms with Crippen LogP contribution in [0.25, 0.3) is 6.08 Å². The normalized spacial score (nSPS) is 9.85. The third-order valence-corrected chi connectivity index (χ3v) is 2.84. The van der Waals surface area contributed by atoms with Crippen molar-refractivity contribution in [3.05, 3.63) is 66.2 Å². The van der Waals surface area contributed by atoms with Gasteiger partial charge >= 0.3 is 0 Å². The Kier molecular flexibility index (Phi) is 4.56. The predicted octanol–water partition coefficient (Wildman–Crippen LogP) is 3.98. The van der Waals surface area contributed by atoms with E-state index in [2.05, 4.69) is 11.9 Å². The van der Waals surface area contributed by atoms with E-state index in [0.29, 0.717) is 23.6 Å². The summed E-state index contributed by atoms with van der Waals surface area (Å²) in [5.74, 6) is 0.513. The maximum atomic E-state index is 12.2. The molecule has 2 rings (SSSR count). The zero-order chi connectivity index (χ0) is 14.4. The maximum Gasteiger partial charge on any atom is 0.255 e. The fourth-order valence-electron chi connectivity index (χ4n) is 1.82. The molecule has 2 aromatic carbocycles. The smallest absolute Gasteiger partial charge is 0.255 e. The van der Waals surface area contributed by atoms with Crippen molar-refractivity contribution in [3.63, 3.8) is 0 Å². The van der Waals surface area contributed by atoms with Gasteiger partial charge in [0, 0.05) is 5.56 Å². The molecule has 0 atom stereocenters. The lowest BCUT2D eigenvalue weighted by Gasteiger charge is -2.11. The molecule has 0 heterocycles. The summed E-state index contributed by atoms with van der Waals surface area (Å²) in [4.78, 5) is 12.2. The molecule has 1 N–H and O–H groups in total. The highest BCUT2D eigenvalue weighted by atomic mass is 16.5. The van der Waals surface area contributed by atoms with Crippen molar-refractivity contribution in [2.45, 2.75) is 6.92 Å². The van der Waals surface area contributed by atoms with Gasteiger partial charge < -0.3 is 10.1 Å². The van der Waals surface area contributed by atoms with E-state index < -0.39 is 0 Å². The van der Waals surface area contributed by atoms with Crippen LogP contribution in [0.3, 0.4) is 0 Å². The summed E-state index contributed by atoms with van der Waals surface area (Å²) in [5.41, 5.74) is 2.25. The van der Waals surface area contributed by atoms with Crippen molar-refractivity contribution >= 4 is 17.7 Å². The Labute approximate surface area is 118 Å². The SMILES string of the molecule is C=Cc1ccc(C(=O)Nc2ccccc2OCC)cc1. The quantitative estimate of drug-likeness (QED) is 0.889. The van der Waals surface area contributed by atoms with E-state index in [4.69, 9.17) is 4.74 Å². The monoisotopic (exact) mass is 267 g/mol. The summed E-state index contributed by atoms with van der Waals surface area (Å²) in [6.07, 6.45) is 1.74. The molecule has 3 heteroatoms. The second-order valence-electron chi connectivity index (χ2n) is 4.21. The summed E-state index contributed by atoms with van der Waals surface area (Å²) < 4.78 is 5.48. The molecule has 102 valence electrons. The van der Waals surface area contributed by atoms with Gasteiger partial charge in [0.1, 0.15) is 5.75 Å². The van der Waals surface area contributed by atoms with Crippen LogP contribution in [0.2, 0.25) is 0 Å². The van der Waals surface area contributed by atoms with Gasteiger partial charge in [-0.05, 0) is 36.8 Å². The third kappa shape index (κ3) is 3.26. The van der Waals surface area contributed by atoms with E-state index in [0.717, 1.165) is 5.56 Å². The van der Waals surface area contributed by atoms with Crippen LogP contribution in [0.15, 0.2) is 55.1 Å². The van der Waals surface area contributed by atoms with Gasteiger partial charge in [0.05, 0.1) is 12.3 Å². The molecule has 0 bridgehead atoms. The maximum absolute atomic E-state index is 12.2. The van der Waals surface area contributed by atoms with Crippen LogP contribution in [0, 0.1) is 0 Å². The first kappa shape index (κ1) is 13.9. The van der Waals surface area contributed by atoms with Gasteiger partial charge in [-0.1, -0.05) is 36.9 Å². The summed E-state index contributed by atoms with van der Waals surface area (Å²) >= 11 is 0.